The third-order valence-electron chi connectivity index (χ3n) is 3.33. The molecule has 1 aromatic heterocycles. The summed E-state index contributed by atoms with van der Waals surface area (Å²) in [6.07, 6.45) is 4.23. The zero-order valence-electron chi connectivity index (χ0n) is 13.4. The Morgan fingerprint density at radius 2 is 2.08 bits per heavy atom. The number of hydrogen-bond acceptors (Lipinski definition) is 4. The molecule has 0 fully saturated rings. The maximum atomic E-state index is 12.2. The maximum absolute atomic E-state index is 12.2. The number of nitrogens with one attached hydrogen (secondary N) is 1. The molecule has 24 heavy (non-hydrogen) atoms. The topological polar surface area (TPSA) is 79.4 Å². The fourth-order valence-electron chi connectivity index (χ4n) is 2.02. The van der Waals surface area contributed by atoms with Gasteiger partial charge in [-0.15, -0.1) is 0 Å². The number of sulfonamides is 1. The van der Waals surface area contributed by atoms with Crippen LogP contribution in [0.3, 0.4) is 0 Å². The van der Waals surface area contributed by atoms with Crippen molar-refractivity contribution < 1.29 is 13.2 Å². The highest BCUT2D eigenvalue weighted by Crippen LogP contribution is 2.20. The summed E-state index contributed by atoms with van der Waals surface area (Å²) in [5.41, 5.74) is 2.11. The minimum Gasteiger partial charge on any atom is -0.325 e. The van der Waals surface area contributed by atoms with Gasteiger partial charge in [-0.3, -0.25) is 9.78 Å². The first-order chi connectivity index (χ1) is 11.3. The summed E-state index contributed by atoms with van der Waals surface area (Å²) >= 11 is 6.02. The third-order valence-corrected chi connectivity index (χ3v) is 4.93. The van der Waals surface area contributed by atoms with E-state index in [-0.39, 0.29) is 13.1 Å². The average molecular weight is 368 g/mol. The Morgan fingerprint density at radius 1 is 1.33 bits per heavy atom. The van der Waals surface area contributed by atoms with Gasteiger partial charge >= 0.3 is 0 Å². The van der Waals surface area contributed by atoms with Gasteiger partial charge in [-0.05, 0) is 36.2 Å². The fourth-order valence-corrected chi connectivity index (χ4v) is 2.93. The van der Waals surface area contributed by atoms with Crippen LogP contribution in [0.1, 0.15) is 11.1 Å². The Labute approximate surface area is 146 Å². The van der Waals surface area contributed by atoms with Crippen LogP contribution in [0.5, 0.6) is 0 Å². The number of carbonyl (C=O) groups excluding carboxylic acids is 1. The van der Waals surface area contributed by atoms with Gasteiger partial charge in [0.25, 0.3) is 0 Å². The molecule has 0 aliphatic rings. The molecule has 0 saturated heterocycles. The highest BCUT2D eigenvalue weighted by atomic mass is 35.5. The van der Waals surface area contributed by atoms with Crippen molar-refractivity contribution in [2.24, 2.45) is 0 Å². The summed E-state index contributed by atoms with van der Waals surface area (Å²) in [5.74, 6) is -0.441. The highest BCUT2D eigenvalue weighted by molar-refractivity contribution is 7.88. The predicted octanol–water partition coefficient (Wildman–Crippen LogP) is 2.44. The molecule has 2 aromatic rings. The van der Waals surface area contributed by atoms with Crippen LogP contribution in [0.2, 0.25) is 5.02 Å². The lowest BCUT2D eigenvalue weighted by atomic mass is 10.2. The van der Waals surface area contributed by atoms with E-state index in [0.29, 0.717) is 16.3 Å². The van der Waals surface area contributed by atoms with E-state index in [4.69, 9.17) is 11.6 Å². The second kappa shape index (κ2) is 7.74. The molecule has 128 valence electrons. The van der Waals surface area contributed by atoms with Gasteiger partial charge in [0.1, 0.15) is 0 Å². The van der Waals surface area contributed by atoms with Crippen LogP contribution >= 0.6 is 11.6 Å². The van der Waals surface area contributed by atoms with E-state index >= 15 is 0 Å². The number of nitrogens with zero attached hydrogens (tertiary/aromatic N) is 2. The lowest BCUT2D eigenvalue weighted by Gasteiger charge is -2.19. The van der Waals surface area contributed by atoms with E-state index in [1.807, 2.05) is 6.92 Å². The Balaban J connectivity index is 2.08. The van der Waals surface area contributed by atoms with Crippen molar-refractivity contribution >= 4 is 33.2 Å². The monoisotopic (exact) mass is 367 g/mol. The largest absolute Gasteiger partial charge is 0.325 e. The molecule has 1 N–H and O–H groups in total. The number of hydrogen-bond donors (Lipinski definition) is 1. The second-order valence-corrected chi connectivity index (χ2v) is 7.79. The van der Waals surface area contributed by atoms with E-state index in [2.05, 4.69) is 10.3 Å². The molecule has 1 amide bonds. The standard InChI is InChI=1S/C16H18ClN3O3S/c1-12-5-6-14(8-15(12)17)19-16(21)11-20(24(2,22)23)10-13-4-3-7-18-9-13/h3-9H,10-11H2,1-2H3,(H,19,21). The first-order valence-electron chi connectivity index (χ1n) is 7.16. The Morgan fingerprint density at radius 3 is 2.67 bits per heavy atom. The number of aromatic nitrogens is 1. The Bertz CT molecular complexity index is 826. The van der Waals surface area contributed by atoms with Crippen LogP contribution in [0.15, 0.2) is 42.7 Å². The van der Waals surface area contributed by atoms with Gasteiger partial charge in [0.05, 0.1) is 12.8 Å². The van der Waals surface area contributed by atoms with Crippen LogP contribution in [0, 0.1) is 6.92 Å². The molecule has 6 nitrogen and oxygen atoms in total. The average Bonchev–Trinajstić information content (AvgIpc) is 2.50. The highest BCUT2D eigenvalue weighted by Gasteiger charge is 2.20. The summed E-state index contributed by atoms with van der Waals surface area (Å²) in [4.78, 5) is 16.1. The van der Waals surface area contributed by atoms with Crippen LogP contribution in [-0.2, 0) is 21.4 Å². The molecule has 0 aliphatic carbocycles. The number of amides is 1. The van der Waals surface area contributed by atoms with Gasteiger partial charge in [0, 0.05) is 29.6 Å². The van der Waals surface area contributed by atoms with Gasteiger partial charge < -0.3 is 5.32 Å². The van der Waals surface area contributed by atoms with E-state index in [1.165, 1.54) is 0 Å². The van der Waals surface area contributed by atoms with Crippen molar-refractivity contribution in [1.29, 1.82) is 0 Å². The molecule has 0 atom stereocenters. The fraction of sp³-hybridized carbons (Fsp3) is 0.250. The Hall–Kier alpha value is -1.96. The van der Waals surface area contributed by atoms with Crippen LogP contribution in [0.4, 0.5) is 5.69 Å². The molecule has 1 aromatic carbocycles. The number of rotatable bonds is 6. The van der Waals surface area contributed by atoms with Gasteiger partial charge in [-0.25, -0.2) is 8.42 Å². The van der Waals surface area contributed by atoms with E-state index in [0.717, 1.165) is 16.1 Å². The van der Waals surface area contributed by atoms with Gasteiger partial charge in [-0.1, -0.05) is 23.7 Å². The van der Waals surface area contributed by atoms with Crippen molar-refractivity contribution in [2.45, 2.75) is 13.5 Å². The number of benzene rings is 1. The van der Waals surface area contributed by atoms with Gasteiger partial charge in [0.15, 0.2) is 0 Å². The zero-order valence-corrected chi connectivity index (χ0v) is 14.9. The van der Waals surface area contributed by atoms with E-state index in [9.17, 15) is 13.2 Å². The van der Waals surface area contributed by atoms with Crippen molar-refractivity contribution in [3.63, 3.8) is 0 Å². The molecule has 8 heteroatoms. The SMILES string of the molecule is Cc1ccc(NC(=O)CN(Cc2cccnc2)S(C)(=O)=O)cc1Cl. The molecule has 0 spiro atoms. The quantitative estimate of drug-likeness (QED) is 0.850. The summed E-state index contributed by atoms with van der Waals surface area (Å²) in [5, 5.41) is 3.18. The van der Waals surface area contributed by atoms with Crippen LogP contribution in [-0.4, -0.2) is 36.4 Å². The summed E-state index contributed by atoms with van der Waals surface area (Å²) in [7, 11) is -3.55. The van der Waals surface area contributed by atoms with Crippen LogP contribution < -0.4 is 5.32 Å². The van der Waals surface area contributed by atoms with Gasteiger partial charge in [-0.2, -0.15) is 4.31 Å². The lowest BCUT2D eigenvalue weighted by Crippen LogP contribution is -2.36. The maximum Gasteiger partial charge on any atom is 0.239 e. The summed E-state index contributed by atoms with van der Waals surface area (Å²) in [6, 6.07) is 8.58. The number of pyridine rings is 1. The van der Waals surface area contributed by atoms with Crippen molar-refractivity contribution in [3.8, 4) is 0 Å². The lowest BCUT2D eigenvalue weighted by molar-refractivity contribution is -0.116. The second-order valence-electron chi connectivity index (χ2n) is 5.40. The smallest absolute Gasteiger partial charge is 0.239 e. The molecular weight excluding hydrogens is 350 g/mol. The van der Waals surface area contributed by atoms with Crippen LogP contribution in [0.25, 0.3) is 0 Å². The molecule has 0 aliphatic heterocycles. The molecule has 0 bridgehead atoms. The first kappa shape index (κ1) is 18.4. The van der Waals surface area contributed by atoms with Crippen molar-refractivity contribution in [3.05, 3.63) is 58.9 Å². The number of halogens is 1. The molecule has 0 radical (unpaired) electrons. The summed E-state index contributed by atoms with van der Waals surface area (Å²) < 4.78 is 24.9. The molecule has 2 rings (SSSR count). The molecule has 1 heterocycles. The van der Waals surface area contributed by atoms with Gasteiger partial charge in [0.2, 0.25) is 15.9 Å². The Kier molecular flexibility index (Phi) is 5.93. The van der Waals surface area contributed by atoms with Crippen molar-refractivity contribution in [1.82, 2.24) is 9.29 Å². The first-order valence-corrected chi connectivity index (χ1v) is 9.38. The predicted molar refractivity (Wildman–Crippen MR) is 94.3 cm³/mol. The minimum absolute atomic E-state index is 0.0781. The number of carbonyl (C=O) groups is 1. The van der Waals surface area contributed by atoms with E-state index < -0.39 is 15.9 Å². The minimum atomic E-state index is -3.55. The molecular formula is C16H18ClN3O3S. The zero-order chi connectivity index (χ0) is 17.7. The molecule has 0 unspecified atom stereocenters. The van der Waals surface area contributed by atoms with Crippen molar-refractivity contribution in [2.75, 3.05) is 18.1 Å². The number of anilines is 1. The molecule has 0 saturated carbocycles. The number of aryl methyl sites for hydroxylation is 1. The van der Waals surface area contributed by atoms with E-state index in [1.54, 1.807) is 42.7 Å². The third kappa shape index (κ3) is 5.30. The summed E-state index contributed by atoms with van der Waals surface area (Å²) in [6.45, 7) is 1.64. The normalized spacial score (nSPS) is 11.5.